The number of rotatable bonds is 6. The number of nitrogens with one attached hydrogen (secondary N) is 1. The van der Waals surface area contributed by atoms with E-state index in [4.69, 9.17) is 10.00 Å². The molecule has 0 aliphatic heterocycles. The SMILES string of the molecule is N#CCOc1cccc(/C=C(\Sc2nc3ccccc3[nH]2)C(=O)O)c1. The Morgan fingerprint density at radius 3 is 2.92 bits per heavy atom. The molecule has 2 N–H and O–H groups in total. The van der Waals surface area contributed by atoms with Crippen LogP contribution in [0.1, 0.15) is 5.56 Å². The Morgan fingerprint density at radius 2 is 2.16 bits per heavy atom. The van der Waals surface area contributed by atoms with Crippen molar-refractivity contribution in [2.24, 2.45) is 0 Å². The number of fused-ring (bicyclic) bond motifs is 1. The molecule has 0 spiro atoms. The number of carboxylic acid groups (broad SMARTS) is 1. The van der Waals surface area contributed by atoms with Gasteiger partial charge in [-0.15, -0.1) is 0 Å². The summed E-state index contributed by atoms with van der Waals surface area (Å²) in [7, 11) is 0. The summed E-state index contributed by atoms with van der Waals surface area (Å²) in [6, 6.07) is 16.3. The third kappa shape index (κ3) is 4.19. The second-order valence-electron chi connectivity index (χ2n) is 4.99. The molecule has 0 bridgehead atoms. The van der Waals surface area contributed by atoms with Crippen LogP contribution in [0.5, 0.6) is 5.75 Å². The van der Waals surface area contributed by atoms with Crippen LogP contribution in [0.4, 0.5) is 0 Å². The molecule has 3 rings (SSSR count). The van der Waals surface area contributed by atoms with Gasteiger partial charge in [-0.05, 0) is 47.7 Å². The fourth-order valence-corrected chi connectivity index (χ4v) is 2.97. The van der Waals surface area contributed by atoms with Gasteiger partial charge in [-0.3, -0.25) is 0 Å². The van der Waals surface area contributed by atoms with E-state index in [0.29, 0.717) is 16.5 Å². The lowest BCUT2D eigenvalue weighted by molar-refractivity contribution is -0.131. The van der Waals surface area contributed by atoms with Crippen molar-refractivity contribution in [1.82, 2.24) is 9.97 Å². The maximum atomic E-state index is 11.6. The van der Waals surface area contributed by atoms with Crippen molar-refractivity contribution in [1.29, 1.82) is 5.26 Å². The number of thioether (sulfide) groups is 1. The molecule has 0 saturated carbocycles. The third-order valence-corrected chi connectivity index (χ3v) is 4.14. The van der Waals surface area contributed by atoms with Gasteiger partial charge in [0, 0.05) is 0 Å². The standard InChI is InChI=1S/C18H13N3O3S/c19-8-9-24-13-5-3-4-12(10-13)11-16(17(22)23)25-18-20-14-6-1-2-7-15(14)21-18/h1-7,10-11H,9H2,(H,20,21)(H,22,23)/b16-11-. The molecular weight excluding hydrogens is 338 g/mol. The van der Waals surface area contributed by atoms with E-state index in [-0.39, 0.29) is 11.5 Å². The van der Waals surface area contributed by atoms with Gasteiger partial charge in [0.15, 0.2) is 11.8 Å². The van der Waals surface area contributed by atoms with Crippen LogP contribution in [0.2, 0.25) is 0 Å². The molecule has 0 fully saturated rings. The number of H-pyrrole nitrogens is 1. The molecule has 6 nitrogen and oxygen atoms in total. The van der Waals surface area contributed by atoms with Crippen molar-refractivity contribution in [3.8, 4) is 11.8 Å². The van der Waals surface area contributed by atoms with Gasteiger partial charge in [-0.2, -0.15) is 5.26 Å². The molecule has 0 radical (unpaired) electrons. The quantitative estimate of drug-likeness (QED) is 0.519. The summed E-state index contributed by atoms with van der Waals surface area (Å²) >= 11 is 1.04. The summed E-state index contributed by atoms with van der Waals surface area (Å²) in [6.07, 6.45) is 1.54. The fourth-order valence-electron chi connectivity index (χ4n) is 2.18. The number of hydrogen-bond donors (Lipinski definition) is 2. The lowest BCUT2D eigenvalue weighted by Crippen LogP contribution is -1.97. The number of aromatic amines is 1. The Hall–Kier alpha value is -3.24. The minimum absolute atomic E-state index is 0.0628. The smallest absolute Gasteiger partial charge is 0.342 e. The number of ether oxygens (including phenoxy) is 1. The molecular formula is C18H13N3O3S. The Bertz CT molecular complexity index is 955. The molecule has 0 aliphatic rings. The molecule has 25 heavy (non-hydrogen) atoms. The number of nitrogens with zero attached hydrogens (tertiary/aromatic N) is 2. The molecule has 7 heteroatoms. The Morgan fingerprint density at radius 1 is 1.32 bits per heavy atom. The van der Waals surface area contributed by atoms with Gasteiger partial charge in [0.25, 0.3) is 0 Å². The average Bonchev–Trinajstić information content (AvgIpc) is 3.02. The van der Waals surface area contributed by atoms with Crippen LogP contribution in [-0.2, 0) is 4.79 Å². The van der Waals surface area contributed by atoms with E-state index in [1.165, 1.54) is 0 Å². The number of aliphatic carboxylic acids is 1. The summed E-state index contributed by atoms with van der Waals surface area (Å²) in [4.78, 5) is 19.2. The maximum Gasteiger partial charge on any atom is 0.342 e. The molecule has 0 amide bonds. The molecule has 1 heterocycles. The van der Waals surface area contributed by atoms with Crippen molar-refractivity contribution in [2.45, 2.75) is 5.16 Å². The molecule has 1 aromatic heterocycles. The average molecular weight is 351 g/mol. The number of imidazole rings is 1. The number of carbonyl (C=O) groups is 1. The zero-order chi connectivity index (χ0) is 17.6. The summed E-state index contributed by atoms with van der Waals surface area (Å²) in [6.45, 7) is -0.0628. The topological polar surface area (TPSA) is 99.0 Å². The largest absolute Gasteiger partial charge is 0.479 e. The van der Waals surface area contributed by atoms with Gasteiger partial charge in [-0.1, -0.05) is 24.3 Å². The highest BCUT2D eigenvalue weighted by Gasteiger charge is 2.13. The minimum Gasteiger partial charge on any atom is -0.479 e. The summed E-state index contributed by atoms with van der Waals surface area (Å²) in [5.74, 6) is -0.539. The molecule has 0 aliphatic carbocycles. The second kappa shape index (κ2) is 7.55. The summed E-state index contributed by atoms with van der Waals surface area (Å²) < 4.78 is 5.23. The molecule has 0 atom stereocenters. The van der Waals surface area contributed by atoms with Gasteiger partial charge >= 0.3 is 5.97 Å². The van der Waals surface area contributed by atoms with Gasteiger partial charge in [0.05, 0.1) is 11.0 Å². The van der Waals surface area contributed by atoms with E-state index < -0.39 is 5.97 Å². The van der Waals surface area contributed by atoms with Crippen LogP contribution >= 0.6 is 11.8 Å². The first kappa shape index (κ1) is 16.6. The number of para-hydroxylation sites is 2. The maximum absolute atomic E-state index is 11.6. The Balaban J connectivity index is 1.86. The van der Waals surface area contributed by atoms with Crippen molar-refractivity contribution in [2.75, 3.05) is 6.61 Å². The van der Waals surface area contributed by atoms with Crippen LogP contribution < -0.4 is 4.74 Å². The van der Waals surface area contributed by atoms with Crippen molar-refractivity contribution >= 4 is 34.8 Å². The van der Waals surface area contributed by atoms with E-state index in [9.17, 15) is 9.90 Å². The Labute approximate surface area is 147 Å². The highest BCUT2D eigenvalue weighted by Crippen LogP contribution is 2.28. The van der Waals surface area contributed by atoms with E-state index in [0.717, 1.165) is 22.8 Å². The van der Waals surface area contributed by atoms with Crippen LogP contribution in [-0.4, -0.2) is 27.7 Å². The summed E-state index contributed by atoms with van der Waals surface area (Å²) in [5, 5.41) is 18.5. The van der Waals surface area contributed by atoms with Crippen LogP contribution in [0.3, 0.4) is 0 Å². The van der Waals surface area contributed by atoms with Gasteiger partial charge < -0.3 is 14.8 Å². The number of aromatic nitrogens is 2. The first-order valence-corrected chi connectivity index (χ1v) is 8.15. The van der Waals surface area contributed by atoms with Crippen LogP contribution in [0, 0.1) is 11.3 Å². The summed E-state index contributed by atoms with van der Waals surface area (Å²) in [5.41, 5.74) is 2.29. The molecule has 2 aromatic carbocycles. The second-order valence-corrected chi connectivity index (χ2v) is 6.02. The van der Waals surface area contributed by atoms with Gasteiger partial charge in [-0.25, -0.2) is 9.78 Å². The predicted molar refractivity (Wildman–Crippen MR) is 95.1 cm³/mol. The van der Waals surface area contributed by atoms with Gasteiger partial charge in [0.1, 0.15) is 16.7 Å². The lowest BCUT2D eigenvalue weighted by Gasteiger charge is -2.04. The molecule has 3 aromatic rings. The molecule has 0 saturated heterocycles. The highest BCUT2D eigenvalue weighted by molar-refractivity contribution is 8.04. The highest BCUT2D eigenvalue weighted by atomic mass is 32.2. The van der Waals surface area contributed by atoms with E-state index >= 15 is 0 Å². The zero-order valence-electron chi connectivity index (χ0n) is 13.0. The third-order valence-electron chi connectivity index (χ3n) is 3.24. The zero-order valence-corrected chi connectivity index (χ0v) is 13.8. The Kier molecular flexibility index (Phi) is 5.02. The first-order valence-electron chi connectivity index (χ1n) is 7.33. The number of hydrogen-bond acceptors (Lipinski definition) is 5. The monoisotopic (exact) mass is 351 g/mol. The number of nitriles is 1. The predicted octanol–water partition coefficient (Wildman–Crippen LogP) is 3.68. The fraction of sp³-hybridized carbons (Fsp3) is 0.0556. The van der Waals surface area contributed by atoms with Gasteiger partial charge in [0.2, 0.25) is 0 Å². The van der Waals surface area contributed by atoms with Crippen molar-refractivity contribution in [3.05, 3.63) is 59.0 Å². The normalized spacial score (nSPS) is 11.2. The van der Waals surface area contributed by atoms with Crippen molar-refractivity contribution in [3.63, 3.8) is 0 Å². The molecule has 0 unspecified atom stereocenters. The van der Waals surface area contributed by atoms with E-state index in [1.54, 1.807) is 30.3 Å². The minimum atomic E-state index is -1.05. The number of carboxylic acids is 1. The molecule has 124 valence electrons. The number of benzene rings is 2. The first-order chi connectivity index (χ1) is 12.2. The van der Waals surface area contributed by atoms with E-state index in [2.05, 4.69) is 9.97 Å². The van der Waals surface area contributed by atoms with E-state index in [1.807, 2.05) is 30.3 Å². The van der Waals surface area contributed by atoms with Crippen molar-refractivity contribution < 1.29 is 14.6 Å². The lowest BCUT2D eigenvalue weighted by atomic mass is 10.2. The van der Waals surface area contributed by atoms with Crippen LogP contribution in [0.15, 0.2) is 58.6 Å². The van der Waals surface area contributed by atoms with Crippen LogP contribution in [0.25, 0.3) is 17.1 Å².